The molecule has 0 bridgehead atoms. The SMILES string of the molecule is CN1CCN(Cc2ncc(NC(=O)Nc3ccc(-c4cn(C5CC5)c5ncnc(N)c45)cc3F)cc2C(F)(F)F)CC1. The number of benzene rings is 1. The number of nitrogen functional groups attached to an aromatic ring is 1. The van der Waals surface area contributed by atoms with Gasteiger partial charge in [0.15, 0.2) is 0 Å². The largest absolute Gasteiger partial charge is 0.418 e. The fourth-order valence-electron chi connectivity index (χ4n) is 5.18. The van der Waals surface area contributed by atoms with Crippen LogP contribution in [0, 0.1) is 5.82 Å². The number of nitrogens with one attached hydrogen (secondary N) is 2. The number of hydrogen-bond acceptors (Lipinski definition) is 7. The van der Waals surface area contributed by atoms with Crippen molar-refractivity contribution in [2.24, 2.45) is 0 Å². The van der Waals surface area contributed by atoms with Gasteiger partial charge in [-0.3, -0.25) is 9.88 Å². The Balaban J connectivity index is 1.18. The van der Waals surface area contributed by atoms with Crippen LogP contribution in [-0.2, 0) is 12.7 Å². The molecule has 0 radical (unpaired) electrons. The smallest absolute Gasteiger partial charge is 0.383 e. The second-order valence-electron chi connectivity index (χ2n) is 10.7. The Labute approximate surface area is 238 Å². The normalized spacial score (nSPS) is 16.6. The van der Waals surface area contributed by atoms with Crippen LogP contribution in [-0.4, -0.2) is 68.6 Å². The average molecular weight is 584 g/mol. The van der Waals surface area contributed by atoms with Crippen molar-refractivity contribution in [2.45, 2.75) is 31.6 Å². The first-order valence-corrected chi connectivity index (χ1v) is 13.5. The molecule has 4 aromatic rings. The van der Waals surface area contributed by atoms with Gasteiger partial charge in [0.1, 0.15) is 23.6 Å². The van der Waals surface area contributed by atoms with Gasteiger partial charge >= 0.3 is 12.2 Å². The van der Waals surface area contributed by atoms with Crippen molar-refractivity contribution in [3.63, 3.8) is 0 Å². The zero-order valence-corrected chi connectivity index (χ0v) is 22.7. The van der Waals surface area contributed by atoms with Crippen molar-refractivity contribution in [1.82, 2.24) is 29.3 Å². The highest BCUT2D eigenvalue weighted by atomic mass is 19.4. The molecular weight excluding hydrogens is 554 g/mol. The molecule has 10 nitrogen and oxygen atoms in total. The molecule has 4 heterocycles. The molecule has 0 atom stereocenters. The summed E-state index contributed by atoms with van der Waals surface area (Å²) in [6.45, 7) is 2.82. The number of fused-ring (bicyclic) bond motifs is 1. The summed E-state index contributed by atoms with van der Waals surface area (Å²) in [4.78, 5) is 29.1. The third-order valence-electron chi connectivity index (χ3n) is 7.61. The number of urea groups is 1. The van der Waals surface area contributed by atoms with E-state index in [1.165, 1.54) is 24.7 Å². The Morgan fingerprint density at radius 1 is 1.07 bits per heavy atom. The fraction of sp³-hybridized carbons (Fsp3) is 0.357. The zero-order valence-electron chi connectivity index (χ0n) is 22.7. The molecule has 1 saturated carbocycles. The lowest BCUT2D eigenvalue weighted by Gasteiger charge is -2.32. The minimum atomic E-state index is -4.66. The molecule has 6 rings (SSSR count). The van der Waals surface area contributed by atoms with Gasteiger partial charge in [-0.2, -0.15) is 13.2 Å². The Kier molecular flexibility index (Phi) is 7.19. The maximum atomic E-state index is 15.2. The van der Waals surface area contributed by atoms with Gasteiger partial charge in [0, 0.05) is 50.5 Å². The fourth-order valence-corrected chi connectivity index (χ4v) is 5.18. The minimum Gasteiger partial charge on any atom is -0.383 e. The Hall–Kier alpha value is -4.30. The van der Waals surface area contributed by atoms with E-state index in [9.17, 15) is 18.0 Å². The number of hydrogen-bond donors (Lipinski definition) is 3. The Morgan fingerprint density at radius 2 is 1.83 bits per heavy atom. The van der Waals surface area contributed by atoms with Gasteiger partial charge in [-0.05, 0) is 43.7 Å². The summed E-state index contributed by atoms with van der Waals surface area (Å²) in [6, 6.07) is 4.49. The minimum absolute atomic E-state index is 0.0455. The van der Waals surface area contributed by atoms with E-state index in [2.05, 4.69) is 30.5 Å². The summed E-state index contributed by atoms with van der Waals surface area (Å²) in [5.74, 6) is -0.459. The molecule has 1 aliphatic carbocycles. The van der Waals surface area contributed by atoms with Gasteiger partial charge in [-0.25, -0.2) is 19.2 Å². The van der Waals surface area contributed by atoms with Crippen LogP contribution in [0.3, 0.4) is 0 Å². The van der Waals surface area contributed by atoms with Crippen molar-refractivity contribution >= 4 is 34.3 Å². The molecule has 42 heavy (non-hydrogen) atoms. The van der Waals surface area contributed by atoms with Gasteiger partial charge in [0.05, 0.1) is 34.2 Å². The summed E-state index contributed by atoms with van der Waals surface area (Å²) in [5.41, 5.74) is 6.61. The Morgan fingerprint density at radius 3 is 2.52 bits per heavy atom. The second kappa shape index (κ2) is 10.8. The standard InChI is InChI=1S/C28H29F4N9O/c1-39-6-8-40(9-7-39)14-23-20(28(30,31)32)11-17(12-34-23)37-27(42)38-22-5-2-16(10-21(22)29)19-13-41(18-3-4-18)26-24(19)25(33)35-15-36-26/h2,5,10-13,15,18H,3-4,6-9,14H2,1H3,(H2,33,35,36)(H2,37,38,42). The van der Waals surface area contributed by atoms with Crippen LogP contribution in [0.15, 0.2) is 43.0 Å². The first kappa shape index (κ1) is 27.8. The predicted molar refractivity (Wildman–Crippen MR) is 150 cm³/mol. The third kappa shape index (κ3) is 5.72. The number of carbonyl (C=O) groups excluding carboxylic acids is 1. The van der Waals surface area contributed by atoms with Crippen molar-refractivity contribution < 1.29 is 22.4 Å². The summed E-state index contributed by atoms with van der Waals surface area (Å²) < 4.78 is 58.8. The van der Waals surface area contributed by atoms with E-state index in [1.807, 2.05) is 22.7 Å². The number of carbonyl (C=O) groups is 1. The lowest BCUT2D eigenvalue weighted by atomic mass is 10.1. The van der Waals surface area contributed by atoms with Crippen molar-refractivity contribution in [1.29, 1.82) is 0 Å². The predicted octanol–water partition coefficient (Wildman–Crippen LogP) is 4.96. The van der Waals surface area contributed by atoms with Crippen LogP contribution < -0.4 is 16.4 Å². The van der Waals surface area contributed by atoms with Crippen LogP contribution >= 0.6 is 0 Å². The highest BCUT2D eigenvalue weighted by Crippen LogP contribution is 2.42. The van der Waals surface area contributed by atoms with Gasteiger partial charge in [-0.1, -0.05) is 6.07 Å². The van der Waals surface area contributed by atoms with E-state index in [0.717, 1.165) is 32.0 Å². The number of piperazine rings is 1. The molecule has 0 spiro atoms. The number of pyridine rings is 1. The highest BCUT2D eigenvalue weighted by Gasteiger charge is 2.35. The lowest BCUT2D eigenvalue weighted by Crippen LogP contribution is -2.44. The maximum absolute atomic E-state index is 15.2. The monoisotopic (exact) mass is 583 g/mol. The van der Waals surface area contributed by atoms with Crippen molar-refractivity contribution in [3.05, 3.63) is 60.1 Å². The molecule has 220 valence electrons. The van der Waals surface area contributed by atoms with Gasteiger partial charge in [-0.15, -0.1) is 0 Å². The lowest BCUT2D eigenvalue weighted by molar-refractivity contribution is -0.138. The highest BCUT2D eigenvalue weighted by molar-refractivity contribution is 6.02. The quantitative estimate of drug-likeness (QED) is 0.275. The summed E-state index contributed by atoms with van der Waals surface area (Å²) in [5, 5.41) is 5.31. The van der Waals surface area contributed by atoms with Gasteiger partial charge < -0.3 is 25.8 Å². The number of rotatable bonds is 6. The number of nitrogens with zero attached hydrogens (tertiary/aromatic N) is 6. The van der Waals surface area contributed by atoms with Crippen LogP contribution in [0.5, 0.6) is 0 Å². The molecule has 2 amide bonds. The second-order valence-corrected chi connectivity index (χ2v) is 10.7. The summed E-state index contributed by atoms with van der Waals surface area (Å²) in [7, 11) is 1.96. The molecule has 14 heteroatoms. The van der Waals surface area contributed by atoms with Gasteiger partial charge in [0.25, 0.3) is 0 Å². The van der Waals surface area contributed by atoms with E-state index >= 15 is 4.39 Å². The van der Waals surface area contributed by atoms with Gasteiger partial charge in [0.2, 0.25) is 0 Å². The Bertz CT molecular complexity index is 1640. The molecule has 0 unspecified atom stereocenters. The van der Waals surface area contributed by atoms with E-state index in [1.54, 1.807) is 6.07 Å². The number of anilines is 3. The molecule has 3 aromatic heterocycles. The van der Waals surface area contributed by atoms with E-state index < -0.39 is 23.6 Å². The maximum Gasteiger partial charge on any atom is 0.418 e. The molecule has 1 saturated heterocycles. The van der Waals surface area contributed by atoms with Crippen LogP contribution in [0.25, 0.3) is 22.2 Å². The number of amides is 2. The van der Waals surface area contributed by atoms with E-state index in [0.29, 0.717) is 41.3 Å². The molecule has 2 fully saturated rings. The topological polar surface area (TPSA) is 117 Å². The molecule has 1 aromatic carbocycles. The summed E-state index contributed by atoms with van der Waals surface area (Å²) in [6.07, 6.45) is 1.79. The number of nitrogens with two attached hydrogens (primary N) is 1. The number of likely N-dealkylation sites (N-methyl/N-ethyl adjacent to an activating group) is 1. The molecule has 1 aliphatic heterocycles. The molecule has 2 aliphatic rings. The first-order valence-electron chi connectivity index (χ1n) is 13.5. The number of halogens is 4. The average Bonchev–Trinajstić information content (AvgIpc) is 3.71. The summed E-state index contributed by atoms with van der Waals surface area (Å²) >= 11 is 0. The van der Waals surface area contributed by atoms with Crippen molar-refractivity contribution in [2.75, 3.05) is 49.6 Å². The number of aromatic nitrogens is 4. The molecular formula is C28H29F4N9O. The third-order valence-corrected chi connectivity index (χ3v) is 7.61. The first-order chi connectivity index (χ1) is 20.1. The van der Waals surface area contributed by atoms with Crippen molar-refractivity contribution in [3.8, 4) is 11.1 Å². The van der Waals surface area contributed by atoms with Crippen LogP contribution in [0.4, 0.5) is 39.5 Å². The number of alkyl halides is 3. The van der Waals surface area contributed by atoms with Crippen LogP contribution in [0.2, 0.25) is 0 Å². The van der Waals surface area contributed by atoms with Crippen LogP contribution in [0.1, 0.15) is 30.1 Å². The van der Waals surface area contributed by atoms with E-state index in [-0.39, 0.29) is 29.4 Å². The van der Waals surface area contributed by atoms with E-state index in [4.69, 9.17) is 5.73 Å². The molecule has 4 N–H and O–H groups in total. The zero-order chi connectivity index (χ0) is 29.6.